The molecule has 200 valence electrons. The summed E-state index contributed by atoms with van der Waals surface area (Å²) < 4.78 is 46.8. The summed E-state index contributed by atoms with van der Waals surface area (Å²) >= 11 is 0. The van der Waals surface area contributed by atoms with Gasteiger partial charge in [-0.2, -0.15) is 4.31 Å². The molecule has 3 aromatic carbocycles. The van der Waals surface area contributed by atoms with E-state index in [4.69, 9.17) is 4.74 Å². The maximum atomic E-state index is 13.4. The molecule has 1 saturated heterocycles. The maximum Gasteiger partial charge on any atom is 0.321 e. The van der Waals surface area contributed by atoms with E-state index in [-0.39, 0.29) is 31.1 Å². The van der Waals surface area contributed by atoms with Gasteiger partial charge >= 0.3 is 6.03 Å². The molecule has 1 aliphatic rings. The summed E-state index contributed by atoms with van der Waals surface area (Å²) in [5.74, 6) is -0.449. The van der Waals surface area contributed by atoms with Crippen LogP contribution in [0.3, 0.4) is 0 Å². The van der Waals surface area contributed by atoms with E-state index in [0.29, 0.717) is 18.0 Å². The van der Waals surface area contributed by atoms with Gasteiger partial charge < -0.3 is 20.3 Å². The molecule has 38 heavy (non-hydrogen) atoms. The lowest BCUT2D eigenvalue weighted by Gasteiger charge is -2.39. The van der Waals surface area contributed by atoms with Crippen LogP contribution in [0.1, 0.15) is 12.5 Å². The molecule has 1 aliphatic heterocycles. The highest BCUT2D eigenvalue weighted by Gasteiger charge is 2.41. The molecular formula is C27H29FN4O5S. The van der Waals surface area contributed by atoms with Crippen molar-refractivity contribution in [2.24, 2.45) is 0 Å². The fourth-order valence-electron chi connectivity index (χ4n) is 4.10. The Kier molecular flexibility index (Phi) is 8.59. The van der Waals surface area contributed by atoms with Crippen LogP contribution < -0.4 is 15.4 Å². The summed E-state index contributed by atoms with van der Waals surface area (Å²) in [5, 5.41) is 5.56. The summed E-state index contributed by atoms with van der Waals surface area (Å²) in [4.78, 5) is 27.6. The predicted molar refractivity (Wildman–Crippen MR) is 141 cm³/mol. The average molecular weight is 541 g/mol. The van der Waals surface area contributed by atoms with Crippen LogP contribution in [0.5, 0.6) is 5.75 Å². The van der Waals surface area contributed by atoms with Gasteiger partial charge in [0, 0.05) is 31.9 Å². The molecule has 0 bridgehead atoms. The standard InChI is InChI=1S/C27H29FN4O5S/c1-2-37-23-12-10-22(11-13-23)30-27(34)31-16-17-32(38(35,36)24-14-8-21(28)9-15-24)25(19-31)26(33)29-18-20-6-4-3-5-7-20/h3-15,25H,2,16-19H2,1H3,(H,29,33)(H,30,34). The van der Waals surface area contributed by atoms with Crippen molar-refractivity contribution in [1.29, 1.82) is 0 Å². The summed E-state index contributed by atoms with van der Waals surface area (Å²) in [6, 6.07) is 18.8. The highest BCUT2D eigenvalue weighted by molar-refractivity contribution is 7.89. The zero-order chi connectivity index (χ0) is 27.1. The molecule has 1 heterocycles. The van der Waals surface area contributed by atoms with Crippen molar-refractivity contribution in [2.75, 3.05) is 31.6 Å². The number of nitrogens with one attached hydrogen (secondary N) is 2. The van der Waals surface area contributed by atoms with E-state index in [0.717, 1.165) is 34.1 Å². The van der Waals surface area contributed by atoms with Crippen molar-refractivity contribution in [2.45, 2.75) is 24.4 Å². The highest BCUT2D eigenvalue weighted by atomic mass is 32.2. The van der Waals surface area contributed by atoms with Crippen LogP contribution in [-0.2, 0) is 21.4 Å². The van der Waals surface area contributed by atoms with Gasteiger partial charge in [-0.1, -0.05) is 30.3 Å². The maximum absolute atomic E-state index is 13.4. The minimum Gasteiger partial charge on any atom is -0.494 e. The molecule has 11 heteroatoms. The van der Waals surface area contributed by atoms with Gasteiger partial charge in [-0.25, -0.2) is 17.6 Å². The molecular weight excluding hydrogens is 511 g/mol. The second kappa shape index (κ2) is 12.1. The third-order valence-electron chi connectivity index (χ3n) is 6.07. The first-order valence-electron chi connectivity index (χ1n) is 12.2. The minimum atomic E-state index is -4.14. The summed E-state index contributed by atoms with van der Waals surface area (Å²) in [6.07, 6.45) is 0. The second-order valence-corrected chi connectivity index (χ2v) is 10.5. The summed E-state index contributed by atoms with van der Waals surface area (Å²) in [6.45, 7) is 2.37. The van der Waals surface area contributed by atoms with Gasteiger partial charge in [0.25, 0.3) is 0 Å². The number of ether oxygens (including phenoxy) is 1. The number of carbonyl (C=O) groups is 2. The molecule has 1 atom stereocenters. The van der Waals surface area contributed by atoms with Gasteiger partial charge in [-0.05, 0) is 61.0 Å². The van der Waals surface area contributed by atoms with E-state index in [1.54, 1.807) is 24.3 Å². The molecule has 0 aromatic heterocycles. The number of hydrogen-bond acceptors (Lipinski definition) is 5. The average Bonchev–Trinajstić information content (AvgIpc) is 2.93. The van der Waals surface area contributed by atoms with Crippen LogP contribution in [0.25, 0.3) is 0 Å². The number of halogens is 1. The number of nitrogens with zero attached hydrogens (tertiary/aromatic N) is 2. The molecule has 3 amide bonds. The largest absolute Gasteiger partial charge is 0.494 e. The van der Waals surface area contributed by atoms with Crippen LogP contribution in [0, 0.1) is 5.82 Å². The molecule has 0 radical (unpaired) electrons. The first-order valence-corrected chi connectivity index (χ1v) is 13.6. The quantitative estimate of drug-likeness (QED) is 0.455. The van der Waals surface area contributed by atoms with Crippen molar-refractivity contribution >= 4 is 27.6 Å². The Morgan fingerprint density at radius 3 is 2.32 bits per heavy atom. The fraction of sp³-hybridized carbons (Fsp3) is 0.259. The number of sulfonamides is 1. The van der Waals surface area contributed by atoms with Crippen LogP contribution >= 0.6 is 0 Å². The number of anilines is 1. The predicted octanol–water partition coefficient (Wildman–Crippen LogP) is 3.45. The Balaban J connectivity index is 1.52. The van der Waals surface area contributed by atoms with E-state index in [9.17, 15) is 22.4 Å². The highest BCUT2D eigenvalue weighted by Crippen LogP contribution is 2.23. The number of piperazine rings is 1. The van der Waals surface area contributed by atoms with Gasteiger partial charge in [0.15, 0.2) is 0 Å². The molecule has 2 N–H and O–H groups in total. The number of benzene rings is 3. The lowest BCUT2D eigenvalue weighted by molar-refractivity contribution is -0.126. The van der Waals surface area contributed by atoms with E-state index < -0.39 is 33.8 Å². The molecule has 9 nitrogen and oxygen atoms in total. The van der Waals surface area contributed by atoms with Crippen molar-refractivity contribution < 1.29 is 27.1 Å². The molecule has 1 unspecified atom stereocenters. The minimum absolute atomic E-state index is 0.0613. The first-order chi connectivity index (χ1) is 18.3. The van der Waals surface area contributed by atoms with E-state index >= 15 is 0 Å². The van der Waals surface area contributed by atoms with Crippen LogP contribution in [0.4, 0.5) is 14.9 Å². The third kappa shape index (κ3) is 6.48. The van der Waals surface area contributed by atoms with Gasteiger partial charge in [0.1, 0.15) is 17.6 Å². The zero-order valence-electron chi connectivity index (χ0n) is 20.8. The third-order valence-corrected chi connectivity index (χ3v) is 7.99. The van der Waals surface area contributed by atoms with E-state index in [1.165, 1.54) is 4.90 Å². The summed E-state index contributed by atoms with van der Waals surface area (Å²) in [7, 11) is -4.14. The number of amides is 3. The van der Waals surface area contributed by atoms with Gasteiger partial charge in [-0.3, -0.25) is 4.79 Å². The zero-order valence-corrected chi connectivity index (χ0v) is 21.7. The van der Waals surface area contributed by atoms with Crippen LogP contribution in [-0.4, -0.2) is 61.8 Å². The molecule has 0 spiro atoms. The lowest BCUT2D eigenvalue weighted by atomic mass is 10.2. The Morgan fingerprint density at radius 2 is 1.66 bits per heavy atom. The topological polar surface area (TPSA) is 108 Å². The smallest absolute Gasteiger partial charge is 0.321 e. The van der Waals surface area contributed by atoms with Crippen molar-refractivity contribution in [3.8, 4) is 5.75 Å². The SMILES string of the molecule is CCOc1ccc(NC(=O)N2CCN(S(=O)(=O)c3ccc(F)cc3)C(C(=O)NCc3ccccc3)C2)cc1. The monoisotopic (exact) mass is 540 g/mol. The van der Waals surface area contributed by atoms with Gasteiger partial charge in [0.05, 0.1) is 11.5 Å². The van der Waals surface area contributed by atoms with Crippen molar-refractivity contribution in [3.05, 3.63) is 90.2 Å². The fourth-order valence-corrected chi connectivity index (χ4v) is 5.67. The van der Waals surface area contributed by atoms with Crippen LogP contribution in [0.15, 0.2) is 83.8 Å². The first kappa shape index (κ1) is 27.1. The molecule has 1 fully saturated rings. The lowest BCUT2D eigenvalue weighted by Crippen LogP contribution is -2.61. The molecule has 4 rings (SSSR count). The van der Waals surface area contributed by atoms with Gasteiger partial charge in [-0.15, -0.1) is 0 Å². The van der Waals surface area contributed by atoms with E-state index in [2.05, 4.69) is 10.6 Å². The van der Waals surface area contributed by atoms with Crippen molar-refractivity contribution in [1.82, 2.24) is 14.5 Å². The summed E-state index contributed by atoms with van der Waals surface area (Å²) in [5.41, 5.74) is 1.37. The number of urea groups is 1. The molecule has 0 saturated carbocycles. The Bertz CT molecular complexity index is 1350. The van der Waals surface area contributed by atoms with Crippen molar-refractivity contribution in [3.63, 3.8) is 0 Å². The molecule has 3 aromatic rings. The van der Waals surface area contributed by atoms with Crippen LogP contribution in [0.2, 0.25) is 0 Å². The normalized spacial score (nSPS) is 16.1. The Morgan fingerprint density at radius 1 is 0.974 bits per heavy atom. The van der Waals surface area contributed by atoms with Gasteiger partial charge in [0.2, 0.25) is 15.9 Å². The Labute approximate surface area is 221 Å². The number of carbonyl (C=O) groups excluding carboxylic acids is 2. The number of hydrogen-bond donors (Lipinski definition) is 2. The van der Waals surface area contributed by atoms with E-state index in [1.807, 2.05) is 37.3 Å². The Hall–Kier alpha value is -3.96. The number of rotatable bonds is 8. The molecule has 0 aliphatic carbocycles. The second-order valence-electron chi connectivity index (χ2n) is 8.62.